The molecule has 0 aromatic carbocycles. The third-order valence-electron chi connectivity index (χ3n) is 2.37. The van der Waals surface area contributed by atoms with Crippen LogP contribution in [0.15, 0.2) is 0 Å². The molecule has 1 aromatic rings. The summed E-state index contributed by atoms with van der Waals surface area (Å²) in [5.41, 5.74) is 0.339. The van der Waals surface area contributed by atoms with Gasteiger partial charge < -0.3 is 9.84 Å². The number of esters is 1. The summed E-state index contributed by atoms with van der Waals surface area (Å²) in [7, 11) is 0. The number of carbonyl (C=O) groups is 1. The van der Waals surface area contributed by atoms with Gasteiger partial charge in [-0.3, -0.25) is 0 Å². The van der Waals surface area contributed by atoms with Gasteiger partial charge >= 0.3 is 5.97 Å². The zero-order valence-electron chi connectivity index (χ0n) is 11.6. The molecule has 6 nitrogen and oxygen atoms in total. The molecule has 1 aromatic heterocycles. The van der Waals surface area contributed by atoms with Crippen molar-refractivity contribution in [1.82, 2.24) is 15.0 Å². The van der Waals surface area contributed by atoms with Crippen LogP contribution in [0.2, 0.25) is 0 Å². The van der Waals surface area contributed by atoms with E-state index in [1.807, 2.05) is 6.92 Å². The number of hydrogen-bond acceptors (Lipinski definition) is 5. The summed E-state index contributed by atoms with van der Waals surface area (Å²) in [6.07, 6.45) is 0. The molecule has 1 rings (SSSR count). The fraction of sp³-hybridized carbons (Fsp3) is 0.750. The van der Waals surface area contributed by atoms with Crippen molar-refractivity contribution < 1.29 is 14.6 Å². The van der Waals surface area contributed by atoms with Crippen LogP contribution < -0.4 is 0 Å². The summed E-state index contributed by atoms with van der Waals surface area (Å²) in [6.45, 7) is 9.67. The van der Waals surface area contributed by atoms with Gasteiger partial charge in [-0.1, -0.05) is 12.1 Å². The number of hydrogen-bond donors (Lipinski definition) is 1. The van der Waals surface area contributed by atoms with Crippen LogP contribution >= 0.6 is 0 Å². The molecule has 1 N–H and O–H groups in total. The quantitative estimate of drug-likeness (QED) is 0.817. The van der Waals surface area contributed by atoms with Crippen molar-refractivity contribution in [3.63, 3.8) is 0 Å². The van der Waals surface area contributed by atoms with Crippen molar-refractivity contribution in [3.8, 4) is 0 Å². The fourth-order valence-corrected chi connectivity index (χ4v) is 1.40. The van der Waals surface area contributed by atoms with Gasteiger partial charge in [-0.15, -0.1) is 5.10 Å². The number of ether oxygens (including phenoxy) is 1. The van der Waals surface area contributed by atoms with Gasteiger partial charge in [0.05, 0.1) is 5.69 Å². The van der Waals surface area contributed by atoms with E-state index >= 15 is 0 Å². The Balaban J connectivity index is 2.83. The molecule has 0 aliphatic heterocycles. The van der Waals surface area contributed by atoms with E-state index in [0.29, 0.717) is 12.2 Å². The first-order valence-corrected chi connectivity index (χ1v) is 5.99. The second-order valence-electron chi connectivity index (χ2n) is 5.50. The Bertz CT molecular complexity index is 421. The molecule has 0 bridgehead atoms. The lowest BCUT2D eigenvalue weighted by Gasteiger charge is -2.18. The molecule has 0 amide bonds. The van der Waals surface area contributed by atoms with Crippen LogP contribution in [0, 0.1) is 12.8 Å². The summed E-state index contributed by atoms with van der Waals surface area (Å²) < 4.78 is 6.86. The van der Waals surface area contributed by atoms with E-state index in [9.17, 15) is 4.79 Å². The molecule has 0 aliphatic carbocycles. The number of carbonyl (C=O) groups excluding carboxylic acids is 1. The minimum Gasteiger partial charge on any atom is -0.455 e. The zero-order chi connectivity index (χ0) is 13.9. The first-order valence-electron chi connectivity index (χ1n) is 5.99. The van der Waals surface area contributed by atoms with Gasteiger partial charge in [-0.25, -0.2) is 9.48 Å². The fourth-order valence-electron chi connectivity index (χ4n) is 1.40. The van der Waals surface area contributed by atoms with Crippen LogP contribution in [0.25, 0.3) is 0 Å². The number of aromatic nitrogens is 3. The second-order valence-corrected chi connectivity index (χ2v) is 5.50. The van der Waals surface area contributed by atoms with Gasteiger partial charge in [0.2, 0.25) is 0 Å². The van der Waals surface area contributed by atoms with Crippen LogP contribution in [0.3, 0.4) is 0 Å². The highest BCUT2D eigenvalue weighted by atomic mass is 16.6. The molecule has 0 fully saturated rings. The molecule has 0 radical (unpaired) electrons. The summed E-state index contributed by atoms with van der Waals surface area (Å²) in [6, 6.07) is 0. The molecule has 102 valence electrons. The van der Waals surface area contributed by atoms with Gasteiger partial charge in [-0.2, -0.15) is 0 Å². The monoisotopic (exact) mass is 255 g/mol. The molecule has 0 saturated heterocycles. The van der Waals surface area contributed by atoms with Gasteiger partial charge in [0.1, 0.15) is 5.60 Å². The first-order chi connectivity index (χ1) is 8.24. The van der Waals surface area contributed by atoms with Crippen molar-refractivity contribution in [1.29, 1.82) is 0 Å². The van der Waals surface area contributed by atoms with E-state index in [2.05, 4.69) is 10.3 Å². The van der Waals surface area contributed by atoms with Gasteiger partial charge in [0.25, 0.3) is 0 Å². The van der Waals surface area contributed by atoms with Gasteiger partial charge in [0, 0.05) is 13.2 Å². The molecule has 0 saturated carbocycles. The standard InChI is InChI=1S/C12H21N3O3/c1-8(7-16)6-15-9(2)10(13-14-15)11(17)18-12(3,4)5/h8,16H,6-7H2,1-5H3. The summed E-state index contributed by atoms with van der Waals surface area (Å²) >= 11 is 0. The van der Waals surface area contributed by atoms with Crippen LogP contribution in [0.1, 0.15) is 43.9 Å². The molecule has 18 heavy (non-hydrogen) atoms. The number of aliphatic hydroxyl groups excluding tert-OH is 1. The van der Waals surface area contributed by atoms with Crippen molar-refractivity contribution >= 4 is 5.97 Å². The average Bonchev–Trinajstić information content (AvgIpc) is 2.58. The minimum atomic E-state index is -0.550. The predicted octanol–water partition coefficient (Wildman–Crippen LogP) is 1.17. The highest BCUT2D eigenvalue weighted by Gasteiger charge is 2.23. The SMILES string of the molecule is Cc1c(C(=O)OC(C)(C)C)nnn1CC(C)CO. The van der Waals surface area contributed by atoms with E-state index in [4.69, 9.17) is 9.84 Å². The molecule has 6 heteroatoms. The number of rotatable bonds is 4. The Hall–Kier alpha value is -1.43. The Kier molecular flexibility index (Phi) is 4.45. The highest BCUT2D eigenvalue weighted by Crippen LogP contribution is 2.13. The lowest BCUT2D eigenvalue weighted by molar-refractivity contribution is 0.00618. The lowest BCUT2D eigenvalue weighted by atomic mass is 10.2. The average molecular weight is 255 g/mol. The third kappa shape index (κ3) is 3.80. The molecule has 1 heterocycles. The topological polar surface area (TPSA) is 77.2 Å². The largest absolute Gasteiger partial charge is 0.455 e. The maximum Gasteiger partial charge on any atom is 0.361 e. The van der Waals surface area contributed by atoms with Crippen LogP contribution in [-0.4, -0.2) is 38.3 Å². The molecule has 0 aliphatic rings. The second kappa shape index (κ2) is 5.48. The zero-order valence-corrected chi connectivity index (χ0v) is 11.6. The van der Waals surface area contributed by atoms with Crippen molar-refractivity contribution in [2.45, 2.75) is 46.8 Å². The Labute approximate surface area is 107 Å². The molecule has 1 unspecified atom stereocenters. The Morgan fingerprint density at radius 3 is 2.61 bits per heavy atom. The van der Waals surface area contributed by atoms with E-state index in [-0.39, 0.29) is 18.2 Å². The highest BCUT2D eigenvalue weighted by molar-refractivity contribution is 5.88. The maximum atomic E-state index is 11.9. The normalized spacial score (nSPS) is 13.4. The summed E-state index contributed by atoms with van der Waals surface area (Å²) in [4.78, 5) is 11.9. The van der Waals surface area contributed by atoms with E-state index in [1.165, 1.54) is 0 Å². The van der Waals surface area contributed by atoms with Crippen LogP contribution in [0.4, 0.5) is 0 Å². The number of nitrogens with zero attached hydrogens (tertiary/aromatic N) is 3. The Morgan fingerprint density at radius 1 is 1.50 bits per heavy atom. The predicted molar refractivity (Wildman–Crippen MR) is 66.2 cm³/mol. The van der Waals surface area contributed by atoms with E-state index in [0.717, 1.165) is 0 Å². The van der Waals surface area contributed by atoms with Crippen molar-refractivity contribution in [2.24, 2.45) is 5.92 Å². The number of aliphatic hydroxyl groups is 1. The van der Waals surface area contributed by atoms with Crippen molar-refractivity contribution in [2.75, 3.05) is 6.61 Å². The summed E-state index contributed by atoms with van der Waals surface area (Å²) in [5.74, 6) is -0.403. The van der Waals surface area contributed by atoms with Gasteiger partial charge in [0.15, 0.2) is 5.69 Å². The molecular formula is C12H21N3O3. The first kappa shape index (κ1) is 14.6. The molecule has 1 atom stereocenters. The van der Waals surface area contributed by atoms with Crippen LogP contribution in [0.5, 0.6) is 0 Å². The van der Waals surface area contributed by atoms with Crippen molar-refractivity contribution in [3.05, 3.63) is 11.4 Å². The van der Waals surface area contributed by atoms with E-state index < -0.39 is 11.6 Å². The maximum absolute atomic E-state index is 11.9. The molecule has 0 spiro atoms. The van der Waals surface area contributed by atoms with E-state index in [1.54, 1.807) is 32.4 Å². The molecular weight excluding hydrogens is 234 g/mol. The minimum absolute atomic E-state index is 0.0666. The summed E-state index contributed by atoms with van der Waals surface area (Å²) in [5, 5.41) is 16.8. The van der Waals surface area contributed by atoms with Gasteiger partial charge in [-0.05, 0) is 33.6 Å². The third-order valence-corrected chi connectivity index (χ3v) is 2.37. The Morgan fingerprint density at radius 2 is 2.11 bits per heavy atom. The smallest absolute Gasteiger partial charge is 0.361 e. The van der Waals surface area contributed by atoms with Crippen LogP contribution in [-0.2, 0) is 11.3 Å². The lowest BCUT2D eigenvalue weighted by Crippen LogP contribution is -2.24.